The summed E-state index contributed by atoms with van der Waals surface area (Å²) in [6.07, 6.45) is 4.67. The van der Waals surface area contributed by atoms with E-state index in [2.05, 4.69) is 10.3 Å². The van der Waals surface area contributed by atoms with Gasteiger partial charge in [0.15, 0.2) is 0 Å². The van der Waals surface area contributed by atoms with Crippen molar-refractivity contribution < 1.29 is 9.59 Å². The van der Waals surface area contributed by atoms with Crippen molar-refractivity contribution in [2.45, 2.75) is 38.1 Å². The number of hydrogen-bond donors (Lipinski definition) is 0. The van der Waals surface area contributed by atoms with E-state index in [-0.39, 0.29) is 17.9 Å². The maximum absolute atomic E-state index is 13.1. The molecule has 0 saturated carbocycles. The lowest BCUT2D eigenvalue weighted by Crippen LogP contribution is -2.49. The van der Waals surface area contributed by atoms with E-state index in [1.165, 1.54) is 0 Å². The second-order valence-corrected chi connectivity index (χ2v) is 7.01. The molecule has 2 aliphatic rings. The summed E-state index contributed by atoms with van der Waals surface area (Å²) in [5.41, 5.74) is 2.31. The first kappa shape index (κ1) is 16.1. The zero-order chi connectivity index (χ0) is 17.4. The fourth-order valence-electron chi connectivity index (χ4n) is 3.94. The molecular formula is C18H23N5O2. The zero-order valence-corrected chi connectivity index (χ0v) is 14.5. The lowest BCUT2D eigenvalue weighted by atomic mass is 10.00. The van der Waals surface area contributed by atoms with Crippen molar-refractivity contribution >= 4 is 22.8 Å². The number of hydrogen-bond acceptors (Lipinski definition) is 4. The molecule has 4 rings (SSSR count). The van der Waals surface area contributed by atoms with Gasteiger partial charge in [-0.2, -0.15) is 0 Å². The van der Waals surface area contributed by atoms with Gasteiger partial charge in [-0.25, -0.2) is 4.68 Å². The predicted molar refractivity (Wildman–Crippen MR) is 93.0 cm³/mol. The fraction of sp³-hybridized carbons (Fsp3) is 0.556. The van der Waals surface area contributed by atoms with Crippen LogP contribution in [0.2, 0.25) is 0 Å². The molecule has 2 amide bonds. The molecular weight excluding hydrogens is 318 g/mol. The minimum absolute atomic E-state index is 0.0412. The topological polar surface area (TPSA) is 71.3 Å². The average molecular weight is 341 g/mol. The van der Waals surface area contributed by atoms with Crippen LogP contribution in [-0.2, 0) is 11.8 Å². The van der Waals surface area contributed by atoms with E-state index < -0.39 is 0 Å². The highest BCUT2D eigenvalue weighted by Gasteiger charge is 2.31. The summed E-state index contributed by atoms with van der Waals surface area (Å²) in [5, 5.41) is 8.06. The molecule has 0 radical (unpaired) electrons. The summed E-state index contributed by atoms with van der Waals surface area (Å²) in [4.78, 5) is 28.9. The monoisotopic (exact) mass is 341 g/mol. The second kappa shape index (κ2) is 6.46. The van der Waals surface area contributed by atoms with Crippen LogP contribution < -0.4 is 0 Å². The van der Waals surface area contributed by atoms with Gasteiger partial charge < -0.3 is 9.80 Å². The molecule has 2 fully saturated rings. The first-order chi connectivity index (χ1) is 12.1. The van der Waals surface area contributed by atoms with Gasteiger partial charge in [0.25, 0.3) is 5.91 Å². The van der Waals surface area contributed by atoms with E-state index in [1.807, 2.05) is 35.0 Å². The van der Waals surface area contributed by atoms with Crippen LogP contribution >= 0.6 is 0 Å². The Morgan fingerprint density at radius 1 is 1.24 bits per heavy atom. The number of carbonyl (C=O) groups excluding carboxylic acids is 2. The maximum Gasteiger partial charge on any atom is 0.254 e. The molecule has 1 aromatic carbocycles. The Labute approximate surface area is 146 Å². The molecule has 7 nitrogen and oxygen atoms in total. The zero-order valence-electron chi connectivity index (χ0n) is 14.5. The molecule has 0 N–H and O–H groups in total. The van der Waals surface area contributed by atoms with Crippen molar-refractivity contribution in [3.05, 3.63) is 23.8 Å². The lowest BCUT2D eigenvalue weighted by Gasteiger charge is -2.38. The summed E-state index contributed by atoms with van der Waals surface area (Å²) in [7, 11) is 1.83. The molecule has 1 atom stereocenters. The van der Waals surface area contributed by atoms with E-state index in [0.29, 0.717) is 18.5 Å². The molecule has 2 saturated heterocycles. The Hall–Kier alpha value is -2.44. The Morgan fingerprint density at radius 3 is 2.92 bits per heavy atom. The van der Waals surface area contributed by atoms with Gasteiger partial charge in [-0.15, -0.1) is 5.10 Å². The van der Waals surface area contributed by atoms with Gasteiger partial charge in [0.2, 0.25) is 5.91 Å². The van der Waals surface area contributed by atoms with E-state index >= 15 is 0 Å². The molecule has 7 heteroatoms. The van der Waals surface area contributed by atoms with E-state index in [1.54, 1.807) is 4.68 Å². The van der Waals surface area contributed by atoms with Gasteiger partial charge >= 0.3 is 0 Å². The fourth-order valence-corrected chi connectivity index (χ4v) is 3.94. The quantitative estimate of drug-likeness (QED) is 0.850. The summed E-state index contributed by atoms with van der Waals surface area (Å²) in [5.74, 6) is 0.264. The number of amides is 2. The van der Waals surface area contributed by atoms with Gasteiger partial charge in [0.1, 0.15) is 5.52 Å². The Bertz CT molecular complexity index is 815. The molecule has 1 aromatic heterocycles. The van der Waals surface area contributed by atoms with E-state index in [9.17, 15) is 9.59 Å². The number of aryl methyl sites for hydroxylation is 1. The molecule has 2 aliphatic heterocycles. The van der Waals surface area contributed by atoms with Gasteiger partial charge in [-0.1, -0.05) is 5.21 Å². The van der Waals surface area contributed by atoms with Crippen molar-refractivity contribution in [1.82, 2.24) is 24.8 Å². The Kier molecular flexibility index (Phi) is 4.15. The van der Waals surface area contributed by atoms with Gasteiger partial charge in [-0.05, 0) is 43.9 Å². The SMILES string of the molecule is Cn1nnc2ccc(C(=O)N3CCCCC3CN3CCCC3=O)cc21. The first-order valence-electron chi connectivity index (χ1n) is 9.01. The Balaban J connectivity index is 1.56. The van der Waals surface area contributed by atoms with Crippen LogP contribution in [0.25, 0.3) is 11.0 Å². The summed E-state index contributed by atoms with van der Waals surface area (Å²) in [6.45, 7) is 2.25. The highest BCUT2D eigenvalue weighted by atomic mass is 16.2. The molecule has 3 heterocycles. The maximum atomic E-state index is 13.1. The molecule has 2 aromatic rings. The van der Waals surface area contributed by atoms with Crippen LogP contribution in [0.15, 0.2) is 18.2 Å². The van der Waals surface area contributed by atoms with Gasteiger partial charge in [-0.3, -0.25) is 9.59 Å². The number of benzene rings is 1. The molecule has 0 spiro atoms. The molecule has 1 unspecified atom stereocenters. The Morgan fingerprint density at radius 2 is 2.12 bits per heavy atom. The van der Waals surface area contributed by atoms with Crippen LogP contribution in [0.1, 0.15) is 42.5 Å². The predicted octanol–water partition coefficient (Wildman–Crippen LogP) is 1.59. The van der Waals surface area contributed by atoms with Gasteiger partial charge in [0.05, 0.1) is 5.52 Å². The number of rotatable bonds is 3. The number of nitrogens with zero attached hydrogens (tertiary/aromatic N) is 5. The van der Waals surface area contributed by atoms with Crippen LogP contribution in [0, 0.1) is 0 Å². The third-order valence-corrected chi connectivity index (χ3v) is 5.35. The lowest BCUT2D eigenvalue weighted by molar-refractivity contribution is -0.128. The molecule has 132 valence electrons. The number of fused-ring (bicyclic) bond motifs is 1. The van der Waals surface area contributed by atoms with Crippen LogP contribution in [0.5, 0.6) is 0 Å². The van der Waals surface area contributed by atoms with Crippen LogP contribution in [0.3, 0.4) is 0 Å². The minimum atomic E-state index is 0.0412. The largest absolute Gasteiger partial charge is 0.341 e. The number of likely N-dealkylation sites (tertiary alicyclic amines) is 2. The minimum Gasteiger partial charge on any atom is -0.341 e. The standard InChI is InChI=1S/C18H23N5O2/c1-21-16-11-13(7-8-15(16)19-20-21)18(25)23-10-3-2-5-14(23)12-22-9-4-6-17(22)24/h7-8,11,14H,2-6,9-10,12H2,1H3. The number of piperidine rings is 1. The smallest absolute Gasteiger partial charge is 0.254 e. The van der Waals surface area contributed by atoms with E-state index in [0.717, 1.165) is 49.8 Å². The summed E-state index contributed by atoms with van der Waals surface area (Å²) < 4.78 is 1.68. The van der Waals surface area contributed by atoms with Crippen LogP contribution in [0.4, 0.5) is 0 Å². The van der Waals surface area contributed by atoms with Crippen LogP contribution in [-0.4, -0.2) is 62.3 Å². The van der Waals surface area contributed by atoms with Gasteiger partial charge in [0, 0.05) is 44.7 Å². The number of aromatic nitrogens is 3. The van der Waals surface area contributed by atoms with Crippen molar-refractivity contribution in [2.75, 3.05) is 19.6 Å². The molecule has 0 aliphatic carbocycles. The number of carbonyl (C=O) groups is 2. The summed E-state index contributed by atoms with van der Waals surface area (Å²) in [6, 6.07) is 5.65. The van der Waals surface area contributed by atoms with Crippen molar-refractivity contribution in [1.29, 1.82) is 0 Å². The highest BCUT2D eigenvalue weighted by molar-refractivity contribution is 5.97. The van der Waals surface area contributed by atoms with Crippen molar-refractivity contribution in [2.24, 2.45) is 7.05 Å². The van der Waals surface area contributed by atoms with Crippen molar-refractivity contribution in [3.8, 4) is 0 Å². The van der Waals surface area contributed by atoms with Crippen molar-refractivity contribution in [3.63, 3.8) is 0 Å². The van der Waals surface area contributed by atoms with E-state index in [4.69, 9.17) is 0 Å². The normalized spacial score (nSPS) is 21.3. The third kappa shape index (κ3) is 2.99. The first-order valence-corrected chi connectivity index (χ1v) is 9.01. The third-order valence-electron chi connectivity index (χ3n) is 5.35. The molecule has 25 heavy (non-hydrogen) atoms. The molecule has 0 bridgehead atoms. The average Bonchev–Trinajstić information content (AvgIpc) is 3.21. The highest BCUT2D eigenvalue weighted by Crippen LogP contribution is 2.23. The second-order valence-electron chi connectivity index (χ2n) is 7.01. The summed E-state index contributed by atoms with van der Waals surface area (Å²) >= 11 is 0.